The maximum Gasteiger partial charge on any atom is 0.275 e. The number of hydrogen-bond donors (Lipinski definition) is 1. The Bertz CT molecular complexity index is 895. The topological polar surface area (TPSA) is 61.9 Å². The standard InChI is InChI=1S/C18H18N4OS/c23-18(16-11-5-3-7-12(11)20-21-16)22-10-4-8-14(22)17-19-13-6-1-2-9-15(13)24-17/h1-2,6,9,14H,3-5,7-8,10H2,(H,20,21)/t14-/m0/s1. The fourth-order valence-corrected chi connectivity index (χ4v) is 5.05. The fourth-order valence-electron chi connectivity index (χ4n) is 3.93. The highest BCUT2D eigenvalue weighted by Crippen LogP contribution is 2.37. The Morgan fingerprint density at radius 3 is 3.08 bits per heavy atom. The average Bonchev–Trinajstić information content (AvgIpc) is 3.34. The highest BCUT2D eigenvalue weighted by molar-refractivity contribution is 7.18. The van der Waals surface area contributed by atoms with E-state index >= 15 is 0 Å². The van der Waals surface area contributed by atoms with Crippen LogP contribution in [0.25, 0.3) is 10.2 Å². The van der Waals surface area contributed by atoms with Crippen LogP contribution in [0.15, 0.2) is 24.3 Å². The SMILES string of the molecule is O=C(c1n[nH]c2c1CCC2)N1CCC[C@H]1c1nc2ccccc2s1. The van der Waals surface area contributed by atoms with E-state index in [0.29, 0.717) is 5.69 Å². The first-order valence-electron chi connectivity index (χ1n) is 8.54. The van der Waals surface area contributed by atoms with Gasteiger partial charge in [-0.2, -0.15) is 5.10 Å². The first kappa shape index (κ1) is 14.2. The molecule has 0 bridgehead atoms. The van der Waals surface area contributed by atoms with Crippen molar-refractivity contribution in [2.75, 3.05) is 6.54 Å². The zero-order valence-corrected chi connectivity index (χ0v) is 14.1. The number of aromatic nitrogens is 3. The van der Waals surface area contributed by atoms with Crippen LogP contribution in [0, 0.1) is 0 Å². The van der Waals surface area contributed by atoms with Crippen LogP contribution < -0.4 is 0 Å². The summed E-state index contributed by atoms with van der Waals surface area (Å²) in [5.41, 5.74) is 3.94. The van der Waals surface area contributed by atoms with E-state index in [2.05, 4.69) is 16.3 Å². The Balaban J connectivity index is 1.49. The molecule has 2 aliphatic rings. The summed E-state index contributed by atoms with van der Waals surface area (Å²) in [7, 11) is 0. The minimum Gasteiger partial charge on any atom is -0.328 e. The van der Waals surface area contributed by atoms with Crippen molar-refractivity contribution in [1.82, 2.24) is 20.1 Å². The molecule has 0 radical (unpaired) electrons. The van der Waals surface area contributed by atoms with Crippen molar-refractivity contribution >= 4 is 27.5 Å². The molecule has 1 atom stereocenters. The summed E-state index contributed by atoms with van der Waals surface area (Å²) in [5.74, 6) is 0.0659. The van der Waals surface area contributed by atoms with Crippen LogP contribution in [0.4, 0.5) is 0 Å². The van der Waals surface area contributed by atoms with Gasteiger partial charge in [0.05, 0.1) is 16.3 Å². The van der Waals surface area contributed by atoms with Gasteiger partial charge in [0, 0.05) is 17.8 Å². The molecule has 122 valence electrons. The molecular formula is C18H18N4OS. The van der Waals surface area contributed by atoms with Crippen LogP contribution in [0.1, 0.15) is 52.1 Å². The minimum absolute atomic E-state index is 0.0659. The normalized spacial score (nSPS) is 20.0. The van der Waals surface area contributed by atoms with Gasteiger partial charge in [-0.05, 0) is 44.2 Å². The predicted molar refractivity (Wildman–Crippen MR) is 93.2 cm³/mol. The number of carbonyl (C=O) groups is 1. The van der Waals surface area contributed by atoms with Crippen molar-refractivity contribution < 1.29 is 4.79 Å². The lowest BCUT2D eigenvalue weighted by atomic mass is 10.1. The molecule has 3 aromatic rings. The summed E-state index contributed by atoms with van der Waals surface area (Å²) >= 11 is 1.71. The van der Waals surface area contributed by atoms with Crippen LogP contribution in [0.3, 0.4) is 0 Å². The molecule has 1 fully saturated rings. The number of hydrogen-bond acceptors (Lipinski definition) is 4. The lowest BCUT2D eigenvalue weighted by Crippen LogP contribution is -2.31. The van der Waals surface area contributed by atoms with Gasteiger partial charge in [-0.1, -0.05) is 12.1 Å². The molecule has 24 heavy (non-hydrogen) atoms. The van der Waals surface area contributed by atoms with Crippen molar-refractivity contribution in [3.63, 3.8) is 0 Å². The third kappa shape index (κ3) is 2.09. The average molecular weight is 338 g/mol. The number of nitrogens with zero attached hydrogens (tertiary/aromatic N) is 3. The Hall–Kier alpha value is -2.21. The van der Waals surface area contributed by atoms with E-state index in [1.807, 2.05) is 23.1 Å². The summed E-state index contributed by atoms with van der Waals surface area (Å²) in [6.07, 6.45) is 5.10. The maximum absolute atomic E-state index is 13.1. The molecule has 0 spiro atoms. The second-order valence-electron chi connectivity index (χ2n) is 6.56. The largest absolute Gasteiger partial charge is 0.328 e. The van der Waals surface area contributed by atoms with Crippen molar-refractivity contribution in [2.24, 2.45) is 0 Å². The van der Waals surface area contributed by atoms with Gasteiger partial charge in [0.15, 0.2) is 5.69 Å². The molecule has 1 aromatic carbocycles. The zero-order valence-electron chi connectivity index (χ0n) is 13.3. The van der Waals surface area contributed by atoms with Crippen LogP contribution in [0.2, 0.25) is 0 Å². The number of amides is 1. The highest BCUT2D eigenvalue weighted by Gasteiger charge is 2.35. The summed E-state index contributed by atoms with van der Waals surface area (Å²) in [6, 6.07) is 8.27. The quantitative estimate of drug-likeness (QED) is 0.778. The van der Waals surface area contributed by atoms with Gasteiger partial charge in [-0.25, -0.2) is 4.98 Å². The van der Waals surface area contributed by atoms with E-state index in [1.165, 1.54) is 4.70 Å². The second kappa shape index (κ2) is 5.41. The Morgan fingerprint density at radius 1 is 1.25 bits per heavy atom. The molecule has 1 amide bonds. The molecule has 3 heterocycles. The van der Waals surface area contributed by atoms with Crippen molar-refractivity contribution in [1.29, 1.82) is 0 Å². The lowest BCUT2D eigenvalue weighted by Gasteiger charge is -2.22. The molecule has 1 aliphatic heterocycles. The number of nitrogens with one attached hydrogen (secondary N) is 1. The predicted octanol–water partition coefficient (Wildman–Crippen LogP) is 3.49. The molecule has 1 aliphatic carbocycles. The van der Waals surface area contributed by atoms with E-state index in [9.17, 15) is 4.79 Å². The van der Waals surface area contributed by atoms with Gasteiger partial charge >= 0.3 is 0 Å². The van der Waals surface area contributed by atoms with E-state index in [1.54, 1.807) is 11.3 Å². The summed E-state index contributed by atoms with van der Waals surface area (Å²) in [6.45, 7) is 0.793. The number of benzene rings is 1. The highest BCUT2D eigenvalue weighted by atomic mass is 32.1. The number of carbonyl (C=O) groups excluding carboxylic acids is 1. The van der Waals surface area contributed by atoms with E-state index in [-0.39, 0.29) is 11.9 Å². The third-order valence-electron chi connectivity index (χ3n) is 5.12. The van der Waals surface area contributed by atoms with E-state index in [4.69, 9.17) is 4.98 Å². The number of thiazole rings is 1. The van der Waals surface area contributed by atoms with E-state index < -0.39 is 0 Å². The van der Waals surface area contributed by atoms with Crippen molar-refractivity contribution in [2.45, 2.75) is 38.1 Å². The van der Waals surface area contributed by atoms with Gasteiger partial charge in [-0.3, -0.25) is 9.89 Å². The zero-order chi connectivity index (χ0) is 16.1. The number of H-pyrrole nitrogens is 1. The molecule has 2 aromatic heterocycles. The first-order valence-corrected chi connectivity index (χ1v) is 9.35. The summed E-state index contributed by atoms with van der Waals surface area (Å²) < 4.78 is 1.19. The Kier molecular flexibility index (Phi) is 3.19. The van der Waals surface area contributed by atoms with Crippen LogP contribution in [-0.4, -0.2) is 32.5 Å². The summed E-state index contributed by atoms with van der Waals surface area (Å²) in [5, 5.41) is 8.43. The minimum atomic E-state index is 0.0659. The molecular weight excluding hydrogens is 320 g/mol. The van der Waals surface area contributed by atoms with E-state index in [0.717, 1.165) is 60.4 Å². The second-order valence-corrected chi connectivity index (χ2v) is 7.62. The monoisotopic (exact) mass is 338 g/mol. The van der Waals surface area contributed by atoms with Crippen molar-refractivity contribution in [3.8, 4) is 0 Å². The molecule has 1 N–H and O–H groups in total. The molecule has 0 unspecified atom stereocenters. The number of fused-ring (bicyclic) bond motifs is 2. The van der Waals surface area contributed by atoms with Gasteiger partial charge in [0.25, 0.3) is 5.91 Å². The lowest BCUT2D eigenvalue weighted by molar-refractivity contribution is 0.0728. The van der Waals surface area contributed by atoms with Gasteiger partial charge in [-0.15, -0.1) is 11.3 Å². The molecule has 0 saturated carbocycles. The molecule has 5 rings (SSSR count). The summed E-state index contributed by atoms with van der Waals surface area (Å²) in [4.78, 5) is 19.8. The Morgan fingerprint density at radius 2 is 2.17 bits per heavy atom. The number of aryl methyl sites for hydroxylation is 1. The molecule has 1 saturated heterocycles. The van der Waals surface area contributed by atoms with Crippen LogP contribution in [0.5, 0.6) is 0 Å². The smallest absolute Gasteiger partial charge is 0.275 e. The number of rotatable bonds is 2. The maximum atomic E-state index is 13.1. The van der Waals surface area contributed by atoms with Crippen LogP contribution in [-0.2, 0) is 12.8 Å². The van der Waals surface area contributed by atoms with Gasteiger partial charge in [0.2, 0.25) is 0 Å². The number of aromatic amines is 1. The molecule has 5 nitrogen and oxygen atoms in total. The van der Waals surface area contributed by atoms with Gasteiger partial charge < -0.3 is 4.90 Å². The number of likely N-dealkylation sites (tertiary alicyclic amines) is 1. The fraction of sp³-hybridized carbons (Fsp3) is 0.389. The van der Waals surface area contributed by atoms with Crippen molar-refractivity contribution in [3.05, 3.63) is 46.2 Å². The molecule has 6 heteroatoms. The Labute approximate surface area is 143 Å². The number of para-hydroxylation sites is 1. The van der Waals surface area contributed by atoms with Crippen LogP contribution >= 0.6 is 11.3 Å². The third-order valence-corrected chi connectivity index (χ3v) is 6.26. The first-order chi connectivity index (χ1) is 11.8. The van der Waals surface area contributed by atoms with Gasteiger partial charge in [0.1, 0.15) is 5.01 Å².